The summed E-state index contributed by atoms with van der Waals surface area (Å²) < 4.78 is 0. The summed E-state index contributed by atoms with van der Waals surface area (Å²) in [6.45, 7) is 4.45. The highest BCUT2D eigenvalue weighted by Gasteiger charge is 1.94. The zero-order chi connectivity index (χ0) is 21.4. The summed E-state index contributed by atoms with van der Waals surface area (Å²) in [5, 5.41) is 3.56. The summed E-state index contributed by atoms with van der Waals surface area (Å²) in [5.41, 5.74) is 1.39. The van der Waals surface area contributed by atoms with Crippen LogP contribution in [0.15, 0.2) is 42.5 Å². The van der Waals surface area contributed by atoms with Crippen LogP contribution in [0.3, 0.4) is 0 Å². The van der Waals surface area contributed by atoms with Crippen LogP contribution in [-0.2, 0) is 6.54 Å². The maximum absolute atomic E-state index is 3.56. The molecule has 0 aliphatic carbocycles. The summed E-state index contributed by atoms with van der Waals surface area (Å²) in [6.07, 6.45) is 30.1. The molecular weight excluding hydrogens is 398 g/mol. The second-order valence-electron chi connectivity index (χ2n) is 9.01. The van der Waals surface area contributed by atoms with Gasteiger partial charge < -0.3 is 5.32 Å². The SMILES string of the molecule is CCCCCCCC/C=C\CCCCCCCCCCCCNCc1ccccc1.Cl. The van der Waals surface area contributed by atoms with Crippen molar-refractivity contribution in [1.82, 2.24) is 5.32 Å². The molecule has 1 rings (SSSR count). The molecule has 31 heavy (non-hydrogen) atoms. The van der Waals surface area contributed by atoms with Gasteiger partial charge in [0.05, 0.1) is 0 Å². The fraction of sp³-hybridized carbons (Fsp3) is 0.724. The number of benzene rings is 1. The van der Waals surface area contributed by atoms with Crippen LogP contribution in [0.5, 0.6) is 0 Å². The van der Waals surface area contributed by atoms with E-state index in [9.17, 15) is 0 Å². The van der Waals surface area contributed by atoms with Crippen molar-refractivity contribution < 1.29 is 0 Å². The average molecular weight is 450 g/mol. The molecule has 0 aliphatic heterocycles. The number of halogens is 1. The zero-order valence-corrected chi connectivity index (χ0v) is 21.4. The second kappa shape index (κ2) is 25.5. The van der Waals surface area contributed by atoms with Crippen molar-refractivity contribution in [2.45, 2.75) is 129 Å². The number of allylic oxidation sites excluding steroid dienone is 2. The molecule has 0 atom stereocenters. The second-order valence-corrected chi connectivity index (χ2v) is 9.01. The van der Waals surface area contributed by atoms with Gasteiger partial charge in [-0.2, -0.15) is 0 Å². The highest BCUT2D eigenvalue weighted by atomic mass is 35.5. The summed E-state index contributed by atoms with van der Waals surface area (Å²) in [4.78, 5) is 0. The molecule has 0 bridgehead atoms. The Morgan fingerprint density at radius 1 is 0.581 bits per heavy atom. The third-order valence-electron chi connectivity index (χ3n) is 6.04. The Kier molecular flexibility index (Phi) is 24.8. The number of nitrogens with one attached hydrogen (secondary N) is 1. The number of hydrogen-bond donors (Lipinski definition) is 1. The van der Waals surface area contributed by atoms with E-state index < -0.39 is 0 Å². The number of unbranched alkanes of at least 4 members (excludes halogenated alkanes) is 16. The van der Waals surface area contributed by atoms with Crippen LogP contribution in [0.25, 0.3) is 0 Å². The molecule has 0 fully saturated rings. The molecule has 1 nitrogen and oxygen atoms in total. The lowest BCUT2D eigenvalue weighted by Crippen LogP contribution is -2.14. The van der Waals surface area contributed by atoms with Gasteiger partial charge >= 0.3 is 0 Å². The average Bonchev–Trinajstić information content (AvgIpc) is 2.78. The smallest absolute Gasteiger partial charge is 0.0205 e. The van der Waals surface area contributed by atoms with E-state index in [2.05, 4.69) is 54.7 Å². The Balaban J connectivity index is 0.00000900. The Bertz CT molecular complexity index is 471. The van der Waals surface area contributed by atoms with Crippen molar-refractivity contribution in [2.75, 3.05) is 6.54 Å². The van der Waals surface area contributed by atoms with E-state index in [1.54, 1.807) is 0 Å². The fourth-order valence-corrected chi connectivity index (χ4v) is 4.03. The minimum Gasteiger partial charge on any atom is -0.313 e. The first kappa shape index (κ1) is 30.2. The van der Waals surface area contributed by atoms with Gasteiger partial charge in [-0.3, -0.25) is 0 Å². The molecule has 180 valence electrons. The van der Waals surface area contributed by atoms with Gasteiger partial charge in [-0.15, -0.1) is 12.4 Å². The predicted octanol–water partition coefficient (Wildman–Crippen LogP) is 9.80. The molecule has 1 N–H and O–H groups in total. The minimum atomic E-state index is 0. The van der Waals surface area contributed by atoms with Gasteiger partial charge in [0.25, 0.3) is 0 Å². The van der Waals surface area contributed by atoms with Crippen LogP contribution >= 0.6 is 12.4 Å². The molecule has 0 amide bonds. The molecule has 1 aromatic carbocycles. The molecule has 1 aromatic rings. The monoisotopic (exact) mass is 449 g/mol. The van der Waals surface area contributed by atoms with Crippen molar-refractivity contribution in [2.24, 2.45) is 0 Å². The van der Waals surface area contributed by atoms with Gasteiger partial charge in [-0.1, -0.05) is 133 Å². The highest BCUT2D eigenvalue weighted by Crippen LogP contribution is 2.12. The Morgan fingerprint density at radius 2 is 1.03 bits per heavy atom. The van der Waals surface area contributed by atoms with Gasteiger partial charge in [0.2, 0.25) is 0 Å². The zero-order valence-electron chi connectivity index (χ0n) is 20.6. The maximum atomic E-state index is 3.56. The van der Waals surface area contributed by atoms with E-state index >= 15 is 0 Å². The first-order valence-corrected chi connectivity index (χ1v) is 13.3. The molecule has 0 aromatic heterocycles. The normalized spacial score (nSPS) is 11.1. The molecule has 0 spiro atoms. The predicted molar refractivity (Wildman–Crippen MR) is 143 cm³/mol. The summed E-state index contributed by atoms with van der Waals surface area (Å²) in [6, 6.07) is 10.7. The van der Waals surface area contributed by atoms with Crippen LogP contribution in [0.1, 0.15) is 128 Å². The van der Waals surface area contributed by atoms with E-state index in [4.69, 9.17) is 0 Å². The topological polar surface area (TPSA) is 12.0 Å². The lowest BCUT2D eigenvalue weighted by molar-refractivity contribution is 0.541. The standard InChI is InChI=1S/C29H51N.ClH/c1-2-3-4-5-6-7-8-9-10-11-12-13-14-15-16-17-18-19-20-24-27-30-28-29-25-22-21-23-26-29;/h9-10,21-23,25-26,30H,2-8,11-20,24,27-28H2,1H3;1H/b10-9-;. The van der Waals surface area contributed by atoms with Crippen LogP contribution in [0, 0.1) is 0 Å². The Hall–Kier alpha value is -0.790. The highest BCUT2D eigenvalue weighted by molar-refractivity contribution is 5.85. The van der Waals surface area contributed by atoms with Gasteiger partial charge in [0.15, 0.2) is 0 Å². The molecule has 0 heterocycles. The Labute approximate surface area is 201 Å². The summed E-state index contributed by atoms with van der Waals surface area (Å²) >= 11 is 0. The van der Waals surface area contributed by atoms with E-state index in [-0.39, 0.29) is 12.4 Å². The van der Waals surface area contributed by atoms with E-state index in [0.29, 0.717) is 0 Å². The number of hydrogen-bond acceptors (Lipinski definition) is 1. The first-order chi connectivity index (χ1) is 14.9. The third-order valence-corrected chi connectivity index (χ3v) is 6.04. The van der Waals surface area contributed by atoms with Crippen molar-refractivity contribution in [1.29, 1.82) is 0 Å². The largest absolute Gasteiger partial charge is 0.313 e. The third kappa shape index (κ3) is 22.2. The number of rotatable bonds is 22. The fourth-order valence-electron chi connectivity index (χ4n) is 4.03. The molecule has 0 saturated heterocycles. The van der Waals surface area contributed by atoms with Gasteiger partial charge in [0.1, 0.15) is 0 Å². The van der Waals surface area contributed by atoms with E-state index in [1.165, 1.54) is 121 Å². The van der Waals surface area contributed by atoms with Crippen molar-refractivity contribution >= 4 is 12.4 Å². The summed E-state index contributed by atoms with van der Waals surface area (Å²) in [7, 11) is 0. The molecule has 0 saturated carbocycles. The van der Waals surface area contributed by atoms with Crippen LogP contribution in [0.2, 0.25) is 0 Å². The van der Waals surface area contributed by atoms with E-state index in [1.807, 2.05) is 0 Å². The molecule has 0 unspecified atom stereocenters. The van der Waals surface area contributed by atoms with Crippen molar-refractivity contribution in [3.8, 4) is 0 Å². The van der Waals surface area contributed by atoms with Gasteiger partial charge in [-0.25, -0.2) is 0 Å². The molecule has 2 heteroatoms. The van der Waals surface area contributed by atoms with Gasteiger partial charge in [0, 0.05) is 6.54 Å². The quantitative estimate of drug-likeness (QED) is 0.137. The molecular formula is C29H52ClN. The molecule has 0 radical (unpaired) electrons. The van der Waals surface area contributed by atoms with Crippen molar-refractivity contribution in [3.05, 3.63) is 48.0 Å². The first-order valence-electron chi connectivity index (χ1n) is 13.3. The van der Waals surface area contributed by atoms with Crippen LogP contribution in [-0.4, -0.2) is 6.54 Å². The summed E-state index contributed by atoms with van der Waals surface area (Å²) in [5.74, 6) is 0. The van der Waals surface area contributed by atoms with E-state index in [0.717, 1.165) is 13.1 Å². The maximum Gasteiger partial charge on any atom is 0.0205 e. The van der Waals surface area contributed by atoms with Gasteiger partial charge in [-0.05, 0) is 44.2 Å². The van der Waals surface area contributed by atoms with Crippen LogP contribution in [0.4, 0.5) is 0 Å². The minimum absolute atomic E-state index is 0. The lowest BCUT2D eigenvalue weighted by atomic mass is 10.1. The lowest BCUT2D eigenvalue weighted by Gasteiger charge is -2.05. The molecule has 0 aliphatic rings. The van der Waals surface area contributed by atoms with Crippen LogP contribution < -0.4 is 5.32 Å². The Morgan fingerprint density at radius 3 is 1.55 bits per heavy atom. The van der Waals surface area contributed by atoms with Crippen molar-refractivity contribution in [3.63, 3.8) is 0 Å².